The Morgan fingerprint density at radius 3 is 1.11 bits per heavy atom. The number of phenols is 4. The van der Waals surface area contributed by atoms with Crippen LogP contribution in [0.3, 0.4) is 0 Å². The van der Waals surface area contributed by atoms with Crippen molar-refractivity contribution in [3.8, 4) is 57.5 Å². The van der Waals surface area contributed by atoms with E-state index in [-0.39, 0.29) is 114 Å². The average molecular weight is 1880 g/mol. The van der Waals surface area contributed by atoms with E-state index in [0.717, 1.165) is 228 Å². The zero-order valence-electron chi connectivity index (χ0n) is 79.6. The lowest BCUT2D eigenvalue weighted by Crippen LogP contribution is -2.76. The minimum Gasteiger partial charge on any atom is -0.504 e. The van der Waals surface area contributed by atoms with Crippen LogP contribution in [0, 0.1) is 17.8 Å². The number of hydrogen-bond acceptors (Lipinski definition) is 24. The van der Waals surface area contributed by atoms with Crippen molar-refractivity contribution in [3.63, 3.8) is 0 Å². The van der Waals surface area contributed by atoms with Gasteiger partial charge in [0.2, 0.25) is 0 Å². The maximum Gasteiger partial charge on any atom is 0.174 e. The van der Waals surface area contributed by atoms with Crippen molar-refractivity contribution >= 4 is 11.6 Å². The van der Waals surface area contributed by atoms with Crippen molar-refractivity contribution < 1.29 is 89.1 Å². The number of Topliss-reactive ketones (excluding diaryl/α,β-unsaturated/α-hetero) is 2. The van der Waals surface area contributed by atoms with E-state index >= 15 is 0 Å². The first kappa shape index (κ1) is 90.2. The lowest BCUT2D eigenvalue weighted by atomic mass is 9.48. The molecule has 7 saturated carbocycles. The second-order valence-electron chi connectivity index (χ2n) is 46.4. The van der Waals surface area contributed by atoms with Gasteiger partial charge in [0.1, 0.15) is 35.9 Å². The summed E-state index contributed by atoms with van der Waals surface area (Å²) in [5.74, 6) is 6.88. The summed E-state index contributed by atoms with van der Waals surface area (Å²) in [6.07, 6.45) is 23.1. The van der Waals surface area contributed by atoms with Gasteiger partial charge in [-0.05, 0) is 313 Å². The third kappa shape index (κ3) is 11.1. The monoisotopic (exact) mass is 1880 g/mol. The third-order valence-corrected chi connectivity index (χ3v) is 41.3. The molecule has 730 valence electrons. The number of carbonyl (C=O) groups excluding carboxylic acids is 2. The number of aromatic hydroxyl groups is 4. The fourth-order valence-electron chi connectivity index (χ4n) is 35.1. The van der Waals surface area contributed by atoms with Gasteiger partial charge in [-0.1, -0.05) is 88.3 Å². The van der Waals surface area contributed by atoms with Gasteiger partial charge in [0.25, 0.3) is 0 Å². The van der Waals surface area contributed by atoms with E-state index in [2.05, 4.69) is 115 Å². The summed E-state index contributed by atoms with van der Waals surface area (Å²) in [5, 5.41) is 108. The number of nitrogens with zero attached hydrogens (tertiary/aromatic N) is 6. The van der Waals surface area contributed by atoms with E-state index in [1.165, 1.54) is 75.8 Å². The number of aliphatic hydroxyl groups is 6. The van der Waals surface area contributed by atoms with Crippen molar-refractivity contribution in [3.05, 3.63) is 212 Å². The van der Waals surface area contributed by atoms with Crippen LogP contribution >= 0.6 is 0 Å². The van der Waals surface area contributed by atoms with E-state index in [1.807, 2.05) is 30.3 Å². The molecule has 25 aliphatic rings. The molecule has 6 spiro atoms. The number of rotatable bonds is 6. The molecule has 6 saturated heterocycles. The highest BCUT2D eigenvalue weighted by Gasteiger charge is 2.78. The molecule has 24 nitrogen and oxygen atoms in total. The van der Waals surface area contributed by atoms with Gasteiger partial charge in [-0.2, -0.15) is 0 Å². The van der Waals surface area contributed by atoms with Gasteiger partial charge in [-0.25, -0.2) is 0 Å². The highest BCUT2D eigenvalue weighted by molar-refractivity contribution is 5.91. The number of phenolic OH excluding ortho intramolecular Hbond substituents is 4. The van der Waals surface area contributed by atoms with Crippen LogP contribution in [0.1, 0.15) is 214 Å². The van der Waals surface area contributed by atoms with Crippen LogP contribution in [-0.2, 0) is 93.8 Å². The standard InChI is InChI=1S/C20H23NO4.C19H21NO4.C19H23NO3.C19H23NO2.C18H21NO3.C18H21NO2.CH4/c22-13-4-3-12-9-15-20(24)6-5-14(23)18-19(20,16(12)17(13)25-18)7-8-21(15)10-11-1-2-11;1-2-8-20-9-7-18-15-11-3-4-12(21)16(15)24-17(18)13(22)5-6-19(18,23)14(20)10-11;1-11-5-6-19(22)14-9-12-3-4-13(10-21)16-15(12)18(19,17(11)23-16)7-8-20(14)2;1-11-3-6-14-15-9-12-4-5-13(10-21)17-16(12)19(14,18(11)22-17)7-8-20(15)2;1-10-5-6-18(21)13-9-11-3-4-12(20)15-14(11)17(18,16(10)22-15)7-8-19(13)2;1-10-3-5-12-13-9-11-4-6-14(20)16-15(11)18(12,17(10)21-16)7-8-19(13)2;/h3-4,11,15,18,22,24H,1-2,5-10H2;2-4,14,17,21,23H,1,5-10H2;3-4,14,17,21-22H,1,5-10H2,2H3;4-5,14-15,18,21H,1,3,6-10H2,2H3;3-4,13,16,20-21H,1,5-9H2,2H3;4,6,12-13,17,20H,1,3,5,7-9H2,2H3;1H4/t15?,18?,19-,20+;2*14?,17?,18-,19+;14-,15?,18?,19-;13?,16?,17-,18+;12-,13?,17?,18-;/m000000./s1. The molecule has 13 fully saturated rings. The van der Waals surface area contributed by atoms with E-state index < -0.39 is 50.9 Å². The van der Waals surface area contributed by atoms with Gasteiger partial charge >= 0.3 is 0 Å². The Hall–Kier alpha value is -9.12. The summed E-state index contributed by atoms with van der Waals surface area (Å²) in [4.78, 5) is 39.8. The Morgan fingerprint density at radius 2 is 0.674 bits per heavy atom. The van der Waals surface area contributed by atoms with Crippen LogP contribution in [-0.4, -0.2) is 268 Å². The molecule has 0 amide bonds. The van der Waals surface area contributed by atoms with Crippen molar-refractivity contribution in [2.24, 2.45) is 17.8 Å². The third-order valence-electron chi connectivity index (χ3n) is 41.3. The molecular weight excluding hydrogens is 1740 g/mol. The molecule has 12 bridgehead atoms. The van der Waals surface area contributed by atoms with Crippen LogP contribution < -0.4 is 28.4 Å². The van der Waals surface area contributed by atoms with Crippen molar-refractivity contribution in [2.45, 2.75) is 315 Å². The van der Waals surface area contributed by atoms with Crippen LogP contribution in [0.5, 0.6) is 57.5 Å². The summed E-state index contributed by atoms with van der Waals surface area (Å²) < 4.78 is 37.3. The number of ether oxygens (including phenoxy) is 6. The van der Waals surface area contributed by atoms with Crippen LogP contribution in [0.15, 0.2) is 134 Å². The number of piperidine rings is 6. The lowest BCUT2D eigenvalue weighted by molar-refractivity contribution is -0.188. The molecule has 10 N–H and O–H groups in total. The number of likely N-dealkylation sites (N-methyl/N-ethyl adjacent to an activating group) is 4. The first-order chi connectivity index (χ1) is 65.9. The van der Waals surface area contributed by atoms with Crippen LogP contribution in [0.2, 0.25) is 0 Å². The predicted molar refractivity (Wildman–Crippen MR) is 518 cm³/mol. The van der Waals surface area contributed by atoms with E-state index in [0.29, 0.717) is 85.4 Å². The second kappa shape index (κ2) is 30.7. The van der Waals surface area contributed by atoms with Gasteiger partial charge in [-0.15, -0.1) is 6.58 Å². The van der Waals surface area contributed by atoms with Crippen molar-refractivity contribution in [2.75, 3.05) is 80.5 Å². The SMILES string of the molecule is C.C=C1CC[C@@]2(O)C3Cc4ccc(CO)c5c4[C@@]2(CCN3C)C1O5.C=C1CC[C@@]2(O)C3Cc4ccc(O)c5c4[C@@]2(CCN3C)C1O5.C=C1CC[C@H]2C3Cc4ccc(CO)c5c4[C@@]2(CCN3C)C1O5.C=C1CC[C@H]2C3Cc4ccc(O)c5c4[C@@]2(CCN3C)C1O5.C=CCN1CC[C@]23c4c5ccc(O)c4OC2C(=O)CC[C@@]3(O)C1C5.O=C1CC[C@@]2(O)C3Cc4ccc(O)c5c4[C@@]2(CCN3CC2CC2)C1O5. The van der Waals surface area contributed by atoms with Crippen LogP contribution in [0.4, 0.5) is 0 Å². The molecule has 6 aromatic carbocycles. The van der Waals surface area contributed by atoms with Crippen LogP contribution in [0.25, 0.3) is 0 Å². The quantitative estimate of drug-likeness (QED) is 0.0693. The summed E-state index contributed by atoms with van der Waals surface area (Å²) in [6.45, 7) is 28.6. The number of ketones is 2. The molecule has 12 aliphatic heterocycles. The first-order valence-electron chi connectivity index (χ1n) is 51.4. The molecule has 12 unspecified atom stereocenters. The van der Waals surface area contributed by atoms with Gasteiger partial charge in [0.05, 0.1) is 57.3 Å². The zero-order chi connectivity index (χ0) is 94.3. The van der Waals surface area contributed by atoms with Gasteiger partial charge in [0, 0.05) is 124 Å². The molecule has 0 aromatic heterocycles. The van der Waals surface area contributed by atoms with Crippen molar-refractivity contribution in [1.29, 1.82) is 0 Å². The number of likely N-dealkylation sites (tertiary alicyclic amines) is 6. The minimum absolute atomic E-state index is 0. The molecule has 24 heteroatoms. The highest BCUT2D eigenvalue weighted by atomic mass is 16.5. The largest absolute Gasteiger partial charge is 0.504 e. The minimum atomic E-state index is -1.00. The average Bonchev–Trinajstić information content (AvgIpc) is 1.48. The molecule has 0 radical (unpaired) electrons. The normalized spacial score (nSPS) is 40.0. The molecule has 12 heterocycles. The lowest BCUT2D eigenvalue weighted by Gasteiger charge is -2.62. The van der Waals surface area contributed by atoms with Gasteiger partial charge in [-0.3, -0.25) is 19.4 Å². The summed E-state index contributed by atoms with van der Waals surface area (Å²) in [5.41, 5.74) is 15.2. The molecule has 138 heavy (non-hydrogen) atoms. The molecule has 13 aliphatic carbocycles. The molecule has 6 aromatic rings. The Kier molecular flexibility index (Phi) is 20.1. The Labute approximate surface area is 808 Å². The van der Waals surface area contributed by atoms with E-state index in [9.17, 15) is 60.7 Å². The van der Waals surface area contributed by atoms with E-state index in [4.69, 9.17) is 28.4 Å². The number of hydrogen-bond donors (Lipinski definition) is 10. The topological polar surface area (TPSA) is 311 Å². The van der Waals surface area contributed by atoms with E-state index in [1.54, 1.807) is 24.3 Å². The molecular formula is C114H136N6O18. The number of aliphatic hydroxyl groups excluding tert-OH is 2. The van der Waals surface area contributed by atoms with Crippen molar-refractivity contribution in [1.82, 2.24) is 29.4 Å². The van der Waals surface area contributed by atoms with Gasteiger partial charge < -0.3 is 99.1 Å². The predicted octanol–water partition coefficient (Wildman–Crippen LogP) is 11.7. The van der Waals surface area contributed by atoms with Gasteiger partial charge in [0.15, 0.2) is 69.8 Å². The summed E-state index contributed by atoms with van der Waals surface area (Å²) in [6, 6.07) is 24.7. The fourth-order valence-corrected chi connectivity index (χ4v) is 35.1. The Balaban J connectivity index is 0.0000000877. The summed E-state index contributed by atoms with van der Waals surface area (Å²) >= 11 is 0. The smallest absolute Gasteiger partial charge is 0.174 e. The number of carbonyl (C=O) groups is 2. The maximum atomic E-state index is 12.7. The molecule has 31 rings (SSSR count). The number of benzene rings is 6. The molecule has 24 atom stereocenters. The Bertz CT molecular complexity index is 6290. The fraction of sp³-hybridized carbons (Fsp3) is 0.579. The second-order valence-corrected chi connectivity index (χ2v) is 46.4. The zero-order valence-corrected chi connectivity index (χ0v) is 79.6. The summed E-state index contributed by atoms with van der Waals surface area (Å²) in [7, 11) is 8.77. The Morgan fingerprint density at radius 1 is 0.355 bits per heavy atom. The first-order valence-corrected chi connectivity index (χ1v) is 51.4. The highest BCUT2D eigenvalue weighted by Crippen LogP contribution is 2.73. The maximum absolute atomic E-state index is 12.7.